The van der Waals surface area contributed by atoms with Gasteiger partial charge in [0.15, 0.2) is 0 Å². The molecule has 1 aromatic rings. The Kier molecular flexibility index (Phi) is 9.22. The summed E-state index contributed by atoms with van der Waals surface area (Å²) in [6.45, 7) is 0.108. The third-order valence-corrected chi connectivity index (χ3v) is 7.29. The van der Waals surface area contributed by atoms with Gasteiger partial charge < -0.3 is 24.4 Å². The smallest absolute Gasteiger partial charge is 0.305 e. The maximum absolute atomic E-state index is 11.3. The number of halogens is 2. The van der Waals surface area contributed by atoms with E-state index in [-0.39, 0.29) is 41.4 Å². The molecule has 6 nitrogen and oxygen atoms in total. The molecule has 1 aliphatic heterocycles. The fraction of sp³-hybridized carbons (Fsp3) is 0.609. The Morgan fingerprint density at radius 1 is 1.42 bits per heavy atom. The van der Waals surface area contributed by atoms with Crippen LogP contribution in [0.3, 0.4) is 0 Å². The molecular formula is C23H30BrClO6. The molecule has 0 radical (unpaired) electrons. The van der Waals surface area contributed by atoms with Crippen molar-refractivity contribution in [1.82, 2.24) is 0 Å². The number of esters is 1. The zero-order chi connectivity index (χ0) is 22.4. The van der Waals surface area contributed by atoms with Crippen LogP contribution in [0.15, 0.2) is 36.4 Å². The zero-order valence-corrected chi connectivity index (χ0v) is 19.9. The van der Waals surface area contributed by atoms with Crippen LogP contribution in [0.2, 0.25) is 5.02 Å². The van der Waals surface area contributed by atoms with Crippen LogP contribution in [0.1, 0.15) is 32.1 Å². The van der Waals surface area contributed by atoms with Crippen molar-refractivity contribution in [2.45, 2.75) is 61.3 Å². The van der Waals surface area contributed by atoms with E-state index in [0.29, 0.717) is 23.6 Å². The number of aliphatic hydroxyl groups excluding tert-OH is 2. The van der Waals surface area contributed by atoms with Crippen LogP contribution in [0, 0.1) is 11.8 Å². The van der Waals surface area contributed by atoms with E-state index in [2.05, 4.69) is 20.7 Å². The highest BCUT2D eigenvalue weighted by atomic mass is 79.9. The molecule has 2 aliphatic rings. The van der Waals surface area contributed by atoms with E-state index in [9.17, 15) is 15.0 Å². The number of methoxy groups -OCH3 is 1. The fourth-order valence-electron chi connectivity index (χ4n) is 4.40. The molecule has 0 amide bonds. The van der Waals surface area contributed by atoms with Gasteiger partial charge in [0.05, 0.1) is 25.4 Å². The van der Waals surface area contributed by atoms with Gasteiger partial charge in [0, 0.05) is 28.6 Å². The molecule has 0 spiro atoms. The van der Waals surface area contributed by atoms with Crippen LogP contribution in [0.25, 0.3) is 0 Å². The first-order valence-electron chi connectivity index (χ1n) is 10.7. The summed E-state index contributed by atoms with van der Waals surface area (Å²) in [5.41, 5.74) is 0. The molecule has 8 heteroatoms. The molecular weight excluding hydrogens is 488 g/mol. The van der Waals surface area contributed by atoms with Gasteiger partial charge in [0.2, 0.25) is 0 Å². The second-order valence-electron chi connectivity index (χ2n) is 8.20. The maximum atomic E-state index is 11.3. The van der Waals surface area contributed by atoms with E-state index in [1.807, 2.05) is 6.08 Å². The lowest BCUT2D eigenvalue weighted by atomic mass is 9.89. The standard InChI is InChI=1S/C23H30BrClO6/c1-29-23(28)7-3-6-19(24)22-11-18-17(20(27)12-21(18)31-22)9-8-15(26)13-30-16-5-2-4-14(25)10-16/h2,4-5,8-10,15,17-22,26-27H,3,6-7,11-13H2,1H3/b9-8+/t15-,17-,18-,19?,20-,21-,22?/m1/s1. The van der Waals surface area contributed by atoms with Crippen molar-refractivity contribution in [2.75, 3.05) is 13.7 Å². The molecule has 172 valence electrons. The average molecular weight is 518 g/mol. The summed E-state index contributed by atoms with van der Waals surface area (Å²) < 4.78 is 16.5. The van der Waals surface area contributed by atoms with Gasteiger partial charge in [0.1, 0.15) is 18.5 Å². The van der Waals surface area contributed by atoms with Gasteiger partial charge in [-0.1, -0.05) is 45.7 Å². The summed E-state index contributed by atoms with van der Waals surface area (Å²) in [5, 5.41) is 21.3. The second-order valence-corrected chi connectivity index (χ2v) is 9.81. The molecule has 3 rings (SSSR count). The molecule has 2 fully saturated rings. The van der Waals surface area contributed by atoms with Crippen LogP contribution in [0.4, 0.5) is 0 Å². The van der Waals surface area contributed by atoms with E-state index >= 15 is 0 Å². The number of carbonyl (C=O) groups is 1. The Labute approximate surface area is 196 Å². The number of ether oxygens (including phenoxy) is 3. The molecule has 0 bridgehead atoms. The van der Waals surface area contributed by atoms with Gasteiger partial charge in [0.25, 0.3) is 0 Å². The molecule has 7 atom stereocenters. The lowest BCUT2D eigenvalue weighted by Gasteiger charge is -2.21. The summed E-state index contributed by atoms with van der Waals surface area (Å²) >= 11 is 9.64. The Balaban J connectivity index is 1.47. The van der Waals surface area contributed by atoms with Crippen molar-refractivity contribution in [2.24, 2.45) is 11.8 Å². The van der Waals surface area contributed by atoms with Crippen molar-refractivity contribution >= 4 is 33.5 Å². The van der Waals surface area contributed by atoms with Crippen LogP contribution in [-0.2, 0) is 14.3 Å². The first-order valence-corrected chi connectivity index (χ1v) is 12.0. The molecule has 2 unspecified atom stereocenters. The highest BCUT2D eigenvalue weighted by Crippen LogP contribution is 2.46. The van der Waals surface area contributed by atoms with E-state index < -0.39 is 12.2 Å². The lowest BCUT2D eigenvalue weighted by Crippen LogP contribution is -2.24. The quantitative estimate of drug-likeness (QED) is 0.278. The highest BCUT2D eigenvalue weighted by molar-refractivity contribution is 9.09. The normalized spacial score (nSPS) is 29.6. The number of hydrogen-bond acceptors (Lipinski definition) is 6. The van der Waals surface area contributed by atoms with Gasteiger partial charge in [-0.15, -0.1) is 0 Å². The first-order chi connectivity index (χ1) is 14.9. The van der Waals surface area contributed by atoms with Crippen molar-refractivity contribution in [1.29, 1.82) is 0 Å². The van der Waals surface area contributed by atoms with Gasteiger partial charge in [-0.2, -0.15) is 0 Å². The molecule has 1 aliphatic carbocycles. The number of carbonyl (C=O) groups excluding carboxylic acids is 1. The summed E-state index contributed by atoms with van der Waals surface area (Å²) in [7, 11) is 1.40. The second kappa shape index (κ2) is 11.7. The maximum Gasteiger partial charge on any atom is 0.305 e. The Morgan fingerprint density at radius 2 is 2.23 bits per heavy atom. The predicted molar refractivity (Wildman–Crippen MR) is 122 cm³/mol. The van der Waals surface area contributed by atoms with E-state index in [0.717, 1.165) is 19.3 Å². The van der Waals surface area contributed by atoms with Crippen molar-refractivity contribution < 1.29 is 29.2 Å². The summed E-state index contributed by atoms with van der Waals surface area (Å²) in [6, 6.07) is 7.03. The fourth-order valence-corrected chi connectivity index (χ4v) is 5.25. The predicted octanol–water partition coefficient (Wildman–Crippen LogP) is 3.90. The van der Waals surface area contributed by atoms with Crippen molar-refractivity contribution in [3.8, 4) is 5.75 Å². The van der Waals surface area contributed by atoms with E-state index in [4.69, 9.17) is 21.1 Å². The van der Waals surface area contributed by atoms with Gasteiger partial charge in [-0.3, -0.25) is 4.79 Å². The van der Waals surface area contributed by atoms with Crippen molar-refractivity contribution in [3.63, 3.8) is 0 Å². The summed E-state index contributed by atoms with van der Waals surface area (Å²) in [5.74, 6) is 0.544. The molecule has 1 aromatic carbocycles. The van der Waals surface area contributed by atoms with Crippen molar-refractivity contribution in [3.05, 3.63) is 41.4 Å². The lowest BCUT2D eigenvalue weighted by molar-refractivity contribution is -0.140. The minimum atomic E-state index is -0.786. The Bertz CT molecular complexity index is 759. The van der Waals surface area contributed by atoms with Gasteiger partial charge >= 0.3 is 5.97 Å². The molecule has 0 aromatic heterocycles. The first kappa shape index (κ1) is 24.5. The van der Waals surface area contributed by atoms with Crippen LogP contribution in [0.5, 0.6) is 5.75 Å². The largest absolute Gasteiger partial charge is 0.491 e. The van der Waals surface area contributed by atoms with Crippen LogP contribution < -0.4 is 4.74 Å². The SMILES string of the molecule is COC(=O)CCCC(Br)C1C[C@@H]2[C@@H](/C=C/[C@@H](O)COc3cccc(Cl)c3)[C@H](O)C[C@H]2O1. The summed E-state index contributed by atoms with van der Waals surface area (Å²) in [6.07, 6.45) is 5.76. The molecule has 1 saturated carbocycles. The number of hydrogen-bond donors (Lipinski definition) is 2. The zero-order valence-electron chi connectivity index (χ0n) is 17.5. The van der Waals surface area contributed by atoms with Crippen LogP contribution >= 0.6 is 27.5 Å². The van der Waals surface area contributed by atoms with Crippen LogP contribution in [-0.4, -0.2) is 59.1 Å². The summed E-state index contributed by atoms with van der Waals surface area (Å²) in [4.78, 5) is 11.4. The average Bonchev–Trinajstić information content (AvgIpc) is 3.27. The minimum Gasteiger partial charge on any atom is -0.491 e. The number of fused-ring (bicyclic) bond motifs is 1. The van der Waals surface area contributed by atoms with E-state index in [1.54, 1.807) is 30.3 Å². The number of aliphatic hydroxyl groups is 2. The third kappa shape index (κ3) is 6.93. The monoisotopic (exact) mass is 516 g/mol. The van der Waals surface area contributed by atoms with Gasteiger partial charge in [-0.05, 0) is 43.4 Å². The number of rotatable bonds is 10. The van der Waals surface area contributed by atoms with Gasteiger partial charge in [-0.25, -0.2) is 0 Å². The Morgan fingerprint density at radius 3 is 2.97 bits per heavy atom. The van der Waals surface area contributed by atoms with E-state index in [1.165, 1.54) is 7.11 Å². The molecule has 31 heavy (non-hydrogen) atoms. The topological polar surface area (TPSA) is 85.2 Å². The number of benzene rings is 1. The Hall–Kier alpha value is -1.12. The third-order valence-electron chi connectivity index (χ3n) is 6.01. The molecule has 1 saturated heterocycles. The molecule has 1 heterocycles. The number of alkyl halides is 1. The minimum absolute atomic E-state index is 0.00941. The highest BCUT2D eigenvalue weighted by Gasteiger charge is 2.49. The molecule has 2 N–H and O–H groups in total.